The van der Waals surface area contributed by atoms with E-state index in [0.717, 1.165) is 42.2 Å². The van der Waals surface area contributed by atoms with E-state index < -0.39 is 0 Å². The van der Waals surface area contributed by atoms with Crippen LogP contribution in [0, 0.1) is 35.0 Å². The Balaban J connectivity index is 1.56. The van der Waals surface area contributed by atoms with Gasteiger partial charge < -0.3 is 5.32 Å². The summed E-state index contributed by atoms with van der Waals surface area (Å²) in [7, 11) is 0. The molecule has 1 aromatic rings. The zero-order valence-corrected chi connectivity index (χ0v) is 13.8. The Morgan fingerprint density at radius 1 is 1.32 bits per heavy atom. The molecule has 0 unspecified atom stereocenters. The smallest absolute Gasteiger partial charge is 0.228 e. The number of fused-ring (bicyclic) bond motifs is 3. The zero-order valence-electron chi connectivity index (χ0n) is 13.0. The van der Waals surface area contributed by atoms with Gasteiger partial charge in [0.1, 0.15) is 11.1 Å². The first-order chi connectivity index (χ1) is 10.7. The summed E-state index contributed by atoms with van der Waals surface area (Å²) in [5, 5.41) is 13.4. The molecule has 0 aliphatic heterocycles. The van der Waals surface area contributed by atoms with Crippen LogP contribution in [0.1, 0.15) is 55.0 Å². The number of nitrogens with zero attached hydrogens (tertiary/aromatic N) is 1. The maximum absolute atomic E-state index is 12.6. The maximum atomic E-state index is 12.6. The Morgan fingerprint density at radius 3 is 2.86 bits per heavy atom. The standard InChI is InChI=1S/C18H22N2OS/c1-10-2-5-13-15(9-19)18(22-16(13)6-10)20-17(21)14-8-11-3-4-12(14)7-11/h10-12,14H,2-8H2,1H3,(H,20,21)/t10-,11+,12-,14-/m0/s1. The Hall–Kier alpha value is -1.34. The molecular formula is C18H22N2OS. The largest absolute Gasteiger partial charge is 0.316 e. The van der Waals surface area contributed by atoms with Crippen molar-refractivity contribution in [2.45, 2.75) is 51.9 Å². The molecule has 0 aromatic carbocycles. The first kappa shape index (κ1) is 14.3. The lowest BCUT2D eigenvalue weighted by molar-refractivity contribution is -0.121. The highest BCUT2D eigenvalue weighted by molar-refractivity contribution is 7.16. The van der Waals surface area contributed by atoms with Crippen LogP contribution in [0.4, 0.5) is 5.00 Å². The quantitative estimate of drug-likeness (QED) is 0.892. The topological polar surface area (TPSA) is 52.9 Å². The number of nitriles is 1. The van der Waals surface area contributed by atoms with Crippen LogP contribution in [0.3, 0.4) is 0 Å². The summed E-state index contributed by atoms with van der Waals surface area (Å²) in [6, 6.07) is 2.34. The molecule has 1 N–H and O–H groups in total. The first-order valence-electron chi connectivity index (χ1n) is 8.51. The van der Waals surface area contributed by atoms with Gasteiger partial charge in [-0.1, -0.05) is 13.3 Å². The van der Waals surface area contributed by atoms with E-state index in [0.29, 0.717) is 11.8 Å². The van der Waals surface area contributed by atoms with Crippen LogP contribution in [0.2, 0.25) is 0 Å². The van der Waals surface area contributed by atoms with E-state index in [2.05, 4.69) is 18.3 Å². The predicted octanol–water partition coefficient (Wildman–Crippen LogP) is 4.12. The van der Waals surface area contributed by atoms with Gasteiger partial charge in [0, 0.05) is 10.8 Å². The fraction of sp³-hybridized carbons (Fsp3) is 0.667. The van der Waals surface area contributed by atoms with Gasteiger partial charge in [-0.05, 0) is 61.8 Å². The summed E-state index contributed by atoms with van der Waals surface area (Å²) in [5.74, 6) is 2.39. The van der Waals surface area contributed by atoms with Gasteiger partial charge in [0.15, 0.2) is 0 Å². The second-order valence-corrected chi connectivity index (χ2v) is 8.54. The Kier molecular flexibility index (Phi) is 3.49. The lowest BCUT2D eigenvalue weighted by Gasteiger charge is -2.20. The summed E-state index contributed by atoms with van der Waals surface area (Å²) < 4.78 is 0. The van der Waals surface area contributed by atoms with Crippen molar-refractivity contribution in [1.82, 2.24) is 0 Å². The molecule has 4 heteroatoms. The second-order valence-electron chi connectivity index (χ2n) is 7.44. The highest BCUT2D eigenvalue weighted by atomic mass is 32.1. The van der Waals surface area contributed by atoms with Crippen LogP contribution in [0.25, 0.3) is 0 Å². The van der Waals surface area contributed by atoms with Crippen LogP contribution < -0.4 is 5.32 Å². The fourth-order valence-electron chi connectivity index (χ4n) is 4.73. The minimum atomic E-state index is 0.162. The van der Waals surface area contributed by atoms with Crippen molar-refractivity contribution in [2.24, 2.45) is 23.7 Å². The average Bonchev–Trinajstić information content (AvgIpc) is 3.19. The van der Waals surface area contributed by atoms with Gasteiger partial charge in [-0.2, -0.15) is 5.26 Å². The molecule has 3 nitrogen and oxygen atoms in total. The summed E-state index contributed by atoms with van der Waals surface area (Å²) >= 11 is 1.64. The molecule has 3 aliphatic carbocycles. The Morgan fingerprint density at radius 2 is 2.18 bits per heavy atom. The maximum Gasteiger partial charge on any atom is 0.228 e. The number of thiophene rings is 1. The molecule has 1 amide bonds. The van der Waals surface area contributed by atoms with Crippen molar-refractivity contribution in [3.8, 4) is 6.07 Å². The molecule has 0 radical (unpaired) electrons. The summed E-state index contributed by atoms with van der Waals surface area (Å²) in [5.41, 5.74) is 1.94. The number of hydrogen-bond donors (Lipinski definition) is 1. The van der Waals surface area contributed by atoms with Gasteiger partial charge in [-0.3, -0.25) is 4.79 Å². The third-order valence-corrected chi connectivity index (χ3v) is 7.10. The number of nitrogens with one attached hydrogen (secondary N) is 1. The monoisotopic (exact) mass is 314 g/mol. The first-order valence-corrected chi connectivity index (χ1v) is 9.32. The van der Waals surface area contributed by atoms with Crippen molar-refractivity contribution >= 4 is 22.2 Å². The van der Waals surface area contributed by atoms with E-state index >= 15 is 0 Å². The van der Waals surface area contributed by atoms with E-state index in [4.69, 9.17) is 0 Å². The van der Waals surface area contributed by atoms with Gasteiger partial charge in [-0.25, -0.2) is 0 Å². The molecule has 116 valence electrons. The van der Waals surface area contributed by atoms with Gasteiger partial charge in [-0.15, -0.1) is 11.3 Å². The SMILES string of the molecule is C[C@H]1CCc2c(sc(NC(=O)[C@H]3C[C@@H]4CC[C@H]3C4)c2C#N)C1. The lowest BCUT2D eigenvalue weighted by Crippen LogP contribution is -2.27. The minimum absolute atomic E-state index is 0.162. The van der Waals surface area contributed by atoms with Crippen molar-refractivity contribution in [3.63, 3.8) is 0 Å². The second kappa shape index (κ2) is 5.38. The van der Waals surface area contributed by atoms with Crippen molar-refractivity contribution < 1.29 is 4.79 Å². The number of hydrogen-bond acceptors (Lipinski definition) is 3. The van der Waals surface area contributed by atoms with E-state index in [1.54, 1.807) is 11.3 Å². The molecule has 0 spiro atoms. The normalized spacial score (nSPS) is 32.5. The van der Waals surface area contributed by atoms with Gasteiger partial charge >= 0.3 is 0 Å². The van der Waals surface area contributed by atoms with Crippen LogP contribution in [-0.4, -0.2) is 5.91 Å². The van der Waals surface area contributed by atoms with Crippen molar-refractivity contribution in [2.75, 3.05) is 5.32 Å². The van der Waals surface area contributed by atoms with Gasteiger partial charge in [0.25, 0.3) is 0 Å². The third kappa shape index (κ3) is 2.27. The number of rotatable bonds is 2. The molecule has 2 fully saturated rings. The molecule has 22 heavy (non-hydrogen) atoms. The average molecular weight is 314 g/mol. The number of anilines is 1. The summed E-state index contributed by atoms with van der Waals surface area (Å²) in [6.07, 6.45) is 8.01. The summed E-state index contributed by atoms with van der Waals surface area (Å²) in [6.45, 7) is 2.27. The highest BCUT2D eigenvalue weighted by Crippen LogP contribution is 2.49. The molecule has 2 bridgehead atoms. The minimum Gasteiger partial charge on any atom is -0.316 e. The van der Waals surface area contributed by atoms with Crippen LogP contribution >= 0.6 is 11.3 Å². The van der Waals surface area contributed by atoms with E-state index in [1.165, 1.54) is 29.7 Å². The third-order valence-electron chi connectivity index (χ3n) is 5.94. The predicted molar refractivity (Wildman–Crippen MR) is 87.8 cm³/mol. The van der Waals surface area contributed by atoms with Crippen LogP contribution in [-0.2, 0) is 17.6 Å². The Bertz CT molecular complexity index is 657. The molecule has 4 atom stereocenters. The summed E-state index contributed by atoms with van der Waals surface area (Å²) in [4.78, 5) is 14.0. The number of carbonyl (C=O) groups is 1. The van der Waals surface area contributed by atoms with Crippen molar-refractivity contribution in [3.05, 3.63) is 16.0 Å². The lowest BCUT2D eigenvalue weighted by atomic mass is 9.88. The van der Waals surface area contributed by atoms with Gasteiger partial charge in [0.2, 0.25) is 5.91 Å². The molecule has 4 rings (SSSR count). The molecular weight excluding hydrogens is 292 g/mol. The zero-order chi connectivity index (χ0) is 15.3. The molecule has 1 heterocycles. The molecule has 2 saturated carbocycles. The molecule has 3 aliphatic rings. The van der Waals surface area contributed by atoms with E-state index in [1.807, 2.05) is 0 Å². The van der Waals surface area contributed by atoms with E-state index in [9.17, 15) is 10.1 Å². The van der Waals surface area contributed by atoms with Crippen LogP contribution in [0.15, 0.2) is 0 Å². The number of carbonyl (C=O) groups excluding carboxylic acids is 1. The fourth-order valence-corrected chi connectivity index (χ4v) is 6.09. The van der Waals surface area contributed by atoms with Crippen LogP contribution in [0.5, 0.6) is 0 Å². The highest BCUT2D eigenvalue weighted by Gasteiger charge is 2.43. The molecule has 0 saturated heterocycles. The molecule has 1 aromatic heterocycles. The van der Waals surface area contributed by atoms with E-state index in [-0.39, 0.29) is 11.8 Å². The van der Waals surface area contributed by atoms with Gasteiger partial charge in [0.05, 0.1) is 5.56 Å². The number of amides is 1. The van der Waals surface area contributed by atoms with Crippen molar-refractivity contribution in [1.29, 1.82) is 5.26 Å². The Labute approximate surface area is 135 Å².